The Hall–Kier alpha value is -1.52. The minimum Gasteiger partial charge on any atom is -0.127 e. The SMILES string of the molecule is C[Si](C)(C)C#C/C=C/c1ccc2c(c1)CC=C2. The second-order valence-electron chi connectivity index (χ2n) is 5.42. The Labute approximate surface area is 105 Å². The number of hydrogen-bond acceptors (Lipinski definition) is 0. The highest BCUT2D eigenvalue weighted by atomic mass is 28.3. The molecule has 0 unspecified atom stereocenters. The Morgan fingerprint density at radius 1 is 1.24 bits per heavy atom. The number of rotatable bonds is 1. The summed E-state index contributed by atoms with van der Waals surface area (Å²) in [6.07, 6.45) is 9.54. The maximum Gasteiger partial charge on any atom is 0.129 e. The molecule has 0 nitrogen and oxygen atoms in total. The molecule has 0 aliphatic heterocycles. The molecular weight excluding hydrogens is 220 g/mol. The van der Waals surface area contributed by atoms with Crippen LogP contribution in [0.5, 0.6) is 0 Å². The van der Waals surface area contributed by atoms with Gasteiger partial charge in [0.25, 0.3) is 0 Å². The third kappa shape index (κ3) is 3.47. The van der Waals surface area contributed by atoms with Gasteiger partial charge >= 0.3 is 0 Å². The molecule has 86 valence electrons. The van der Waals surface area contributed by atoms with Crippen molar-refractivity contribution >= 4 is 20.2 Å². The molecule has 0 heterocycles. The van der Waals surface area contributed by atoms with E-state index in [0.29, 0.717) is 0 Å². The zero-order chi connectivity index (χ0) is 12.3. The molecule has 0 fully saturated rings. The Kier molecular flexibility index (Phi) is 3.35. The van der Waals surface area contributed by atoms with Crippen LogP contribution in [0.15, 0.2) is 30.4 Å². The standard InChI is InChI=1S/C16H18Si/c1-17(2,3)12-5-4-7-14-10-11-15-8-6-9-16(15)13-14/h4,6-8,10-11,13H,9H2,1-3H3/b7-4+. The minimum atomic E-state index is -1.23. The predicted molar refractivity (Wildman–Crippen MR) is 79.3 cm³/mol. The molecule has 1 aromatic rings. The van der Waals surface area contributed by atoms with Crippen molar-refractivity contribution in [2.24, 2.45) is 0 Å². The molecule has 0 aromatic heterocycles. The van der Waals surface area contributed by atoms with Gasteiger partial charge in [0.05, 0.1) is 0 Å². The van der Waals surface area contributed by atoms with E-state index in [0.717, 1.165) is 6.42 Å². The first-order valence-electron chi connectivity index (χ1n) is 6.03. The molecule has 0 radical (unpaired) electrons. The van der Waals surface area contributed by atoms with Crippen molar-refractivity contribution in [3.8, 4) is 11.5 Å². The molecular formula is C16H18Si. The fourth-order valence-corrected chi connectivity index (χ4v) is 2.29. The fraction of sp³-hybridized carbons (Fsp3) is 0.250. The molecule has 0 saturated carbocycles. The predicted octanol–water partition coefficient (Wildman–Crippen LogP) is 4.15. The van der Waals surface area contributed by atoms with Crippen LogP contribution in [0.2, 0.25) is 19.6 Å². The van der Waals surface area contributed by atoms with Crippen LogP contribution in [0.25, 0.3) is 12.2 Å². The van der Waals surface area contributed by atoms with Crippen LogP contribution in [0.1, 0.15) is 16.7 Å². The van der Waals surface area contributed by atoms with Crippen LogP contribution in [0.3, 0.4) is 0 Å². The van der Waals surface area contributed by atoms with Gasteiger partial charge in [-0.05, 0) is 35.3 Å². The monoisotopic (exact) mass is 238 g/mol. The first kappa shape index (κ1) is 11.9. The summed E-state index contributed by atoms with van der Waals surface area (Å²) in [5.41, 5.74) is 7.36. The van der Waals surface area contributed by atoms with Gasteiger partial charge in [-0.3, -0.25) is 0 Å². The van der Waals surface area contributed by atoms with E-state index in [1.54, 1.807) is 0 Å². The normalized spacial score (nSPS) is 13.6. The topological polar surface area (TPSA) is 0 Å². The minimum absolute atomic E-state index is 1.07. The Bertz CT molecular complexity index is 531. The van der Waals surface area contributed by atoms with Crippen molar-refractivity contribution in [1.82, 2.24) is 0 Å². The summed E-state index contributed by atoms with van der Waals surface area (Å²) in [5.74, 6) is 3.16. The number of allylic oxidation sites excluding steroid dienone is 2. The molecule has 1 aliphatic carbocycles. The third-order valence-corrected chi connectivity index (χ3v) is 3.50. The maximum absolute atomic E-state index is 3.33. The molecule has 0 bridgehead atoms. The Morgan fingerprint density at radius 2 is 2.06 bits per heavy atom. The second-order valence-corrected chi connectivity index (χ2v) is 10.2. The summed E-state index contributed by atoms with van der Waals surface area (Å²) in [6.45, 7) is 6.78. The van der Waals surface area contributed by atoms with Crippen molar-refractivity contribution in [2.45, 2.75) is 26.1 Å². The summed E-state index contributed by atoms with van der Waals surface area (Å²) in [6, 6.07) is 6.59. The summed E-state index contributed by atoms with van der Waals surface area (Å²) in [7, 11) is -1.23. The number of benzene rings is 1. The van der Waals surface area contributed by atoms with E-state index in [1.807, 2.05) is 6.08 Å². The van der Waals surface area contributed by atoms with Crippen LogP contribution in [-0.4, -0.2) is 8.07 Å². The van der Waals surface area contributed by atoms with E-state index in [9.17, 15) is 0 Å². The molecule has 1 aliphatic rings. The van der Waals surface area contributed by atoms with Crippen molar-refractivity contribution in [2.75, 3.05) is 0 Å². The smallest absolute Gasteiger partial charge is 0.127 e. The molecule has 0 amide bonds. The van der Waals surface area contributed by atoms with Gasteiger partial charge in [-0.25, -0.2) is 0 Å². The maximum atomic E-state index is 3.33. The lowest BCUT2D eigenvalue weighted by molar-refractivity contribution is 1.31. The molecule has 0 saturated heterocycles. The highest BCUT2D eigenvalue weighted by molar-refractivity contribution is 6.83. The van der Waals surface area contributed by atoms with Crippen LogP contribution >= 0.6 is 0 Å². The van der Waals surface area contributed by atoms with Crippen molar-refractivity contribution < 1.29 is 0 Å². The number of hydrogen-bond donors (Lipinski definition) is 0. The second kappa shape index (κ2) is 4.77. The fourth-order valence-electron chi connectivity index (χ4n) is 1.78. The third-order valence-electron chi connectivity index (χ3n) is 2.61. The lowest BCUT2D eigenvalue weighted by Gasteiger charge is -2.02. The highest BCUT2D eigenvalue weighted by Gasteiger charge is 2.06. The largest absolute Gasteiger partial charge is 0.129 e. The summed E-state index contributed by atoms with van der Waals surface area (Å²) in [4.78, 5) is 0. The molecule has 17 heavy (non-hydrogen) atoms. The van der Waals surface area contributed by atoms with Crippen molar-refractivity contribution in [3.05, 3.63) is 47.0 Å². The summed E-state index contributed by atoms with van der Waals surface area (Å²) in [5, 5.41) is 0. The molecule has 1 aromatic carbocycles. The van der Waals surface area contributed by atoms with E-state index >= 15 is 0 Å². The molecule has 0 N–H and O–H groups in total. The summed E-state index contributed by atoms with van der Waals surface area (Å²) < 4.78 is 0. The van der Waals surface area contributed by atoms with Gasteiger partial charge in [0.2, 0.25) is 0 Å². The van der Waals surface area contributed by atoms with Crippen LogP contribution in [0, 0.1) is 11.5 Å². The van der Waals surface area contributed by atoms with Gasteiger partial charge in [0.1, 0.15) is 8.07 Å². The first-order valence-corrected chi connectivity index (χ1v) is 9.53. The van der Waals surface area contributed by atoms with Gasteiger partial charge in [-0.15, -0.1) is 5.54 Å². The van der Waals surface area contributed by atoms with E-state index < -0.39 is 8.07 Å². The zero-order valence-corrected chi connectivity index (χ0v) is 11.7. The molecule has 1 heteroatoms. The van der Waals surface area contributed by atoms with Crippen molar-refractivity contribution in [3.63, 3.8) is 0 Å². The van der Waals surface area contributed by atoms with Gasteiger partial charge in [-0.1, -0.05) is 55.9 Å². The van der Waals surface area contributed by atoms with Crippen LogP contribution in [0.4, 0.5) is 0 Å². The van der Waals surface area contributed by atoms with Gasteiger partial charge < -0.3 is 0 Å². The lowest BCUT2D eigenvalue weighted by atomic mass is 10.1. The Morgan fingerprint density at radius 3 is 2.82 bits per heavy atom. The average molecular weight is 238 g/mol. The lowest BCUT2D eigenvalue weighted by Crippen LogP contribution is -2.16. The van der Waals surface area contributed by atoms with E-state index in [1.165, 1.54) is 16.7 Å². The number of fused-ring (bicyclic) bond motifs is 1. The van der Waals surface area contributed by atoms with Gasteiger partial charge in [0, 0.05) is 0 Å². The first-order chi connectivity index (χ1) is 8.04. The zero-order valence-electron chi connectivity index (χ0n) is 10.7. The Balaban J connectivity index is 2.09. The van der Waals surface area contributed by atoms with Gasteiger partial charge in [-0.2, -0.15) is 0 Å². The highest BCUT2D eigenvalue weighted by Crippen LogP contribution is 2.21. The average Bonchev–Trinajstić information content (AvgIpc) is 2.70. The summed E-state index contributed by atoms with van der Waals surface area (Å²) >= 11 is 0. The van der Waals surface area contributed by atoms with E-state index in [4.69, 9.17) is 0 Å². The van der Waals surface area contributed by atoms with Crippen LogP contribution < -0.4 is 0 Å². The molecule has 2 rings (SSSR count). The molecule has 0 atom stereocenters. The van der Waals surface area contributed by atoms with Crippen molar-refractivity contribution in [1.29, 1.82) is 0 Å². The quantitative estimate of drug-likeness (QED) is 0.509. The van der Waals surface area contributed by atoms with Crippen LogP contribution in [-0.2, 0) is 6.42 Å². The van der Waals surface area contributed by atoms with E-state index in [2.05, 4.69) is 67.5 Å². The van der Waals surface area contributed by atoms with Gasteiger partial charge in [0.15, 0.2) is 0 Å². The molecule has 0 spiro atoms. The van der Waals surface area contributed by atoms with E-state index in [-0.39, 0.29) is 0 Å².